The first-order valence-electron chi connectivity index (χ1n) is 7.75. The molecule has 1 saturated heterocycles. The van der Waals surface area contributed by atoms with Crippen molar-refractivity contribution >= 4 is 0 Å². The number of nitrogens with zero attached hydrogens (tertiary/aromatic N) is 2. The topological polar surface area (TPSA) is 18.5 Å². The van der Waals surface area contributed by atoms with E-state index < -0.39 is 0 Å². The van der Waals surface area contributed by atoms with Crippen molar-refractivity contribution in [1.29, 1.82) is 0 Å². The van der Waals surface area contributed by atoms with Crippen LogP contribution in [0.15, 0.2) is 0 Å². The van der Waals surface area contributed by atoms with Crippen LogP contribution < -0.4 is 5.32 Å². The smallest absolute Gasteiger partial charge is 0.0224 e. The molecular weight excluding hydrogens is 222 g/mol. The number of hydrogen-bond acceptors (Lipinski definition) is 3. The number of hydrogen-bond donors (Lipinski definition) is 1. The molecule has 1 N–H and O–H groups in total. The quantitative estimate of drug-likeness (QED) is 0.778. The molecule has 2 fully saturated rings. The molecule has 3 heteroatoms. The highest BCUT2D eigenvalue weighted by Gasteiger charge is 2.37. The van der Waals surface area contributed by atoms with Crippen LogP contribution in [0.3, 0.4) is 0 Å². The molecule has 0 aromatic rings. The van der Waals surface area contributed by atoms with Gasteiger partial charge in [-0.1, -0.05) is 6.92 Å². The first-order valence-corrected chi connectivity index (χ1v) is 7.75. The number of piperazine rings is 1. The molecule has 1 aliphatic carbocycles. The van der Waals surface area contributed by atoms with Gasteiger partial charge < -0.3 is 10.2 Å². The van der Waals surface area contributed by atoms with Gasteiger partial charge >= 0.3 is 0 Å². The van der Waals surface area contributed by atoms with E-state index in [0.29, 0.717) is 0 Å². The number of nitrogens with one attached hydrogen (secondary N) is 1. The molecule has 0 amide bonds. The molecule has 18 heavy (non-hydrogen) atoms. The van der Waals surface area contributed by atoms with Crippen molar-refractivity contribution in [2.75, 3.05) is 33.7 Å². The zero-order valence-corrected chi connectivity index (χ0v) is 12.7. The van der Waals surface area contributed by atoms with Gasteiger partial charge in [0, 0.05) is 31.2 Å². The van der Waals surface area contributed by atoms with Crippen molar-refractivity contribution < 1.29 is 0 Å². The van der Waals surface area contributed by atoms with E-state index in [9.17, 15) is 0 Å². The van der Waals surface area contributed by atoms with Gasteiger partial charge in [-0.05, 0) is 59.2 Å². The Balaban J connectivity index is 1.87. The molecule has 3 nitrogen and oxygen atoms in total. The zero-order valence-electron chi connectivity index (χ0n) is 12.7. The highest BCUT2D eigenvalue weighted by Crippen LogP contribution is 2.35. The Kier molecular flexibility index (Phi) is 5.05. The van der Waals surface area contributed by atoms with Gasteiger partial charge in [0.15, 0.2) is 0 Å². The Morgan fingerprint density at radius 3 is 2.61 bits per heavy atom. The fourth-order valence-electron chi connectivity index (χ4n) is 3.19. The Hall–Kier alpha value is -0.120. The van der Waals surface area contributed by atoms with Gasteiger partial charge in [0.2, 0.25) is 0 Å². The summed E-state index contributed by atoms with van der Waals surface area (Å²) >= 11 is 0. The van der Waals surface area contributed by atoms with E-state index >= 15 is 0 Å². The van der Waals surface area contributed by atoms with Crippen LogP contribution in [0, 0.1) is 5.92 Å². The molecule has 1 heterocycles. The first kappa shape index (κ1) is 14.3. The van der Waals surface area contributed by atoms with Crippen molar-refractivity contribution in [3.8, 4) is 0 Å². The standard InChI is InChI=1S/C15H31N3/c1-5-14-10-16-15(13-6-7-13)11-18(14)12(2)8-9-17(3)4/h12-16H,5-11H2,1-4H3. The van der Waals surface area contributed by atoms with E-state index in [0.717, 1.165) is 24.0 Å². The second-order valence-corrected chi connectivity index (χ2v) is 6.55. The van der Waals surface area contributed by atoms with Crippen LogP contribution in [0.2, 0.25) is 0 Å². The monoisotopic (exact) mass is 253 g/mol. The Bertz CT molecular complexity index is 250. The molecule has 0 radical (unpaired) electrons. The van der Waals surface area contributed by atoms with Gasteiger partial charge in [-0.25, -0.2) is 0 Å². The van der Waals surface area contributed by atoms with Gasteiger partial charge in [-0.3, -0.25) is 4.90 Å². The summed E-state index contributed by atoms with van der Waals surface area (Å²) in [6.07, 6.45) is 5.47. The summed E-state index contributed by atoms with van der Waals surface area (Å²) in [7, 11) is 4.35. The van der Waals surface area contributed by atoms with E-state index in [-0.39, 0.29) is 0 Å². The van der Waals surface area contributed by atoms with Gasteiger partial charge in [-0.15, -0.1) is 0 Å². The minimum atomic E-state index is 0.723. The number of rotatable bonds is 6. The lowest BCUT2D eigenvalue weighted by Gasteiger charge is -2.44. The second kappa shape index (κ2) is 6.36. The lowest BCUT2D eigenvalue weighted by molar-refractivity contribution is 0.0733. The van der Waals surface area contributed by atoms with Crippen LogP contribution in [-0.4, -0.2) is 61.7 Å². The fraction of sp³-hybridized carbons (Fsp3) is 1.00. The maximum Gasteiger partial charge on any atom is 0.0224 e. The highest BCUT2D eigenvalue weighted by atomic mass is 15.3. The predicted molar refractivity (Wildman–Crippen MR) is 77.9 cm³/mol. The lowest BCUT2D eigenvalue weighted by atomic mass is 10.0. The van der Waals surface area contributed by atoms with Crippen LogP contribution in [0.5, 0.6) is 0 Å². The first-order chi connectivity index (χ1) is 8.61. The molecule has 3 unspecified atom stereocenters. The fourth-order valence-corrected chi connectivity index (χ4v) is 3.19. The average molecular weight is 253 g/mol. The van der Waals surface area contributed by atoms with Gasteiger partial charge in [0.25, 0.3) is 0 Å². The summed E-state index contributed by atoms with van der Waals surface area (Å²) in [5, 5.41) is 3.78. The highest BCUT2D eigenvalue weighted by molar-refractivity contribution is 4.95. The molecule has 0 aromatic carbocycles. The molecule has 2 aliphatic rings. The maximum atomic E-state index is 3.78. The third-order valence-electron chi connectivity index (χ3n) is 4.71. The van der Waals surface area contributed by atoms with Crippen LogP contribution in [0.25, 0.3) is 0 Å². The predicted octanol–water partition coefficient (Wildman–Crippen LogP) is 1.79. The molecular formula is C15H31N3. The minimum Gasteiger partial charge on any atom is -0.311 e. The SMILES string of the molecule is CCC1CNC(C2CC2)CN1C(C)CCN(C)C. The largest absolute Gasteiger partial charge is 0.311 e. The molecule has 106 valence electrons. The van der Waals surface area contributed by atoms with Crippen LogP contribution in [0.1, 0.15) is 39.5 Å². The van der Waals surface area contributed by atoms with Gasteiger partial charge in [0.1, 0.15) is 0 Å². The van der Waals surface area contributed by atoms with Crippen LogP contribution >= 0.6 is 0 Å². The van der Waals surface area contributed by atoms with Gasteiger partial charge in [-0.2, -0.15) is 0 Å². The zero-order chi connectivity index (χ0) is 13.1. The normalized spacial score (nSPS) is 31.8. The molecule has 0 aromatic heterocycles. The van der Waals surface area contributed by atoms with E-state index in [2.05, 4.69) is 43.1 Å². The minimum absolute atomic E-state index is 0.723. The molecule has 1 aliphatic heterocycles. The van der Waals surface area contributed by atoms with E-state index in [4.69, 9.17) is 0 Å². The Labute approximate surface area is 113 Å². The summed E-state index contributed by atoms with van der Waals surface area (Å²) in [6, 6.07) is 2.24. The summed E-state index contributed by atoms with van der Waals surface area (Å²) < 4.78 is 0. The molecule has 1 saturated carbocycles. The summed E-state index contributed by atoms with van der Waals surface area (Å²) in [4.78, 5) is 5.08. The van der Waals surface area contributed by atoms with E-state index in [1.165, 1.54) is 45.3 Å². The van der Waals surface area contributed by atoms with E-state index in [1.807, 2.05) is 0 Å². The summed E-state index contributed by atoms with van der Waals surface area (Å²) in [5.74, 6) is 0.978. The Morgan fingerprint density at radius 2 is 2.06 bits per heavy atom. The van der Waals surface area contributed by atoms with Crippen molar-refractivity contribution in [3.63, 3.8) is 0 Å². The average Bonchev–Trinajstić information content (AvgIpc) is 3.19. The van der Waals surface area contributed by atoms with Crippen molar-refractivity contribution in [1.82, 2.24) is 15.1 Å². The van der Waals surface area contributed by atoms with Crippen molar-refractivity contribution in [3.05, 3.63) is 0 Å². The summed E-state index contributed by atoms with van der Waals surface area (Å²) in [5.41, 5.74) is 0. The molecule has 3 atom stereocenters. The lowest BCUT2D eigenvalue weighted by Crippen LogP contribution is -2.59. The third kappa shape index (κ3) is 3.69. The van der Waals surface area contributed by atoms with Crippen molar-refractivity contribution in [2.45, 2.75) is 57.7 Å². The van der Waals surface area contributed by atoms with Crippen LogP contribution in [-0.2, 0) is 0 Å². The van der Waals surface area contributed by atoms with Crippen LogP contribution in [0.4, 0.5) is 0 Å². The summed E-state index contributed by atoms with van der Waals surface area (Å²) in [6.45, 7) is 8.42. The molecule has 0 bridgehead atoms. The molecule has 0 spiro atoms. The van der Waals surface area contributed by atoms with Crippen molar-refractivity contribution in [2.24, 2.45) is 5.92 Å². The van der Waals surface area contributed by atoms with E-state index in [1.54, 1.807) is 0 Å². The second-order valence-electron chi connectivity index (χ2n) is 6.55. The van der Waals surface area contributed by atoms with Gasteiger partial charge in [0.05, 0.1) is 0 Å². The third-order valence-corrected chi connectivity index (χ3v) is 4.71. The maximum absolute atomic E-state index is 3.78. The molecule has 2 rings (SSSR count). The Morgan fingerprint density at radius 1 is 1.33 bits per heavy atom.